The molecule has 1 aliphatic heterocycles. The lowest BCUT2D eigenvalue weighted by Crippen LogP contribution is -2.39. The van der Waals surface area contributed by atoms with Crippen molar-refractivity contribution in [3.63, 3.8) is 0 Å². The molecule has 68 valence electrons. The zero-order valence-corrected chi connectivity index (χ0v) is 7.36. The number of carbonyl (C=O) groups excluding carboxylic acids is 1. The van der Waals surface area contributed by atoms with Crippen LogP contribution in [0.3, 0.4) is 0 Å². The van der Waals surface area contributed by atoms with E-state index in [1.54, 1.807) is 4.90 Å². The number of aryl methyl sites for hydroxylation is 1. The predicted octanol–water partition coefficient (Wildman–Crippen LogP) is 1.52. The topological polar surface area (TPSA) is 46.3 Å². The van der Waals surface area contributed by atoms with Crippen molar-refractivity contribution in [1.29, 1.82) is 0 Å². The number of anilines is 1. The van der Waals surface area contributed by atoms with Gasteiger partial charge in [-0.1, -0.05) is 18.2 Å². The van der Waals surface area contributed by atoms with Gasteiger partial charge in [0, 0.05) is 12.2 Å². The Morgan fingerprint density at radius 1 is 1.38 bits per heavy atom. The zero-order valence-electron chi connectivity index (χ0n) is 7.36. The summed E-state index contributed by atoms with van der Waals surface area (Å²) >= 11 is 0. The Morgan fingerprint density at radius 2 is 2.15 bits per heavy atom. The molecule has 13 heavy (non-hydrogen) atoms. The molecule has 1 aliphatic rings. The SMILES string of the molecule is NC(=O)N1CCCc2ccccc21. The molecule has 0 aliphatic carbocycles. The molecule has 3 heteroatoms. The van der Waals surface area contributed by atoms with Gasteiger partial charge in [-0.05, 0) is 24.5 Å². The number of fused-ring (bicyclic) bond motifs is 1. The fourth-order valence-corrected chi connectivity index (χ4v) is 1.76. The number of hydrogen-bond donors (Lipinski definition) is 1. The second kappa shape index (κ2) is 3.09. The van der Waals surface area contributed by atoms with Crippen LogP contribution in [0.2, 0.25) is 0 Å². The molecule has 0 saturated heterocycles. The maximum atomic E-state index is 11.1. The lowest BCUT2D eigenvalue weighted by Gasteiger charge is -2.27. The molecule has 0 fully saturated rings. The van der Waals surface area contributed by atoms with E-state index in [2.05, 4.69) is 0 Å². The summed E-state index contributed by atoms with van der Waals surface area (Å²) in [7, 11) is 0. The van der Waals surface area contributed by atoms with Gasteiger partial charge >= 0.3 is 6.03 Å². The van der Waals surface area contributed by atoms with Crippen LogP contribution >= 0.6 is 0 Å². The summed E-state index contributed by atoms with van der Waals surface area (Å²) < 4.78 is 0. The number of carbonyl (C=O) groups is 1. The molecule has 0 bridgehead atoms. The maximum Gasteiger partial charge on any atom is 0.319 e. The first-order chi connectivity index (χ1) is 6.29. The van der Waals surface area contributed by atoms with Crippen LogP contribution in [0.4, 0.5) is 10.5 Å². The number of benzene rings is 1. The summed E-state index contributed by atoms with van der Waals surface area (Å²) in [5, 5.41) is 0. The normalized spacial score (nSPS) is 15.2. The van der Waals surface area contributed by atoms with E-state index in [0.29, 0.717) is 0 Å². The third kappa shape index (κ3) is 1.37. The highest BCUT2D eigenvalue weighted by molar-refractivity contribution is 5.91. The van der Waals surface area contributed by atoms with Gasteiger partial charge in [0.1, 0.15) is 0 Å². The number of rotatable bonds is 0. The van der Waals surface area contributed by atoms with Crippen molar-refractivity contribution in [3.05, 3.63) is 29.8 Å². The molecule has 2 amide bonds. The standard InChI is InChI=1S/C10H12N2O/c11-10(13)12-7-3-5-8-4-1-2-6-9(8)12/h1-2,4,6H,3,5,7H2,(H2,11,13). The molecule has 2 N–H and O–H groups in total. The van der Waals surface area contributed by atoms with E-state index in [0.717, 1.165) is 25.1 Å². The second-order valence-corrected chi connectivity index (χ2v) is 3.22. The van der Waals surface area contributed by atoms with Crippen molar-refractivity contribution in [2.75, 3.05) is 11.4 Å². The molecular weight excluding hydrogens is 164 g/mol. The first-order valence-corrected chi connectivity index (χ1v) is 4.44. The molecule has 0 spiro atoms. The van der Waals surface area contributed by atoms with Gasteiger partial charge in [-0.2, -0.15) is 0 Å². The molecule has 0 atom stereocenters. The summed E-state index contributed by atoms with van der Waals surface area (Å²) in [6, 6.07) is 7.56. The first-order valence-electron chi connectivity index (χ1n) is 4.44. The Balaban J connectivity index is 2.42. The highest BCUT2D eigenvalue weighted by Crippen LogP contribution is 2.25. The molecule has 1 heterocycles. The van der Waals surface area contributed by atoms with Crippen LogP contribution in [-0.2, 0) is 6.42 Å². The van der Waals surface area contributed by atoms with E-state index in [1.165, 1.54) is 5.56 Å². The third-order valence-electron chi connectivity index (χ3n) is 2.38. The maximum absolute atomic E-state index is 11.1. The van der Waals surface area contributed by atoms with Crippen LogP contribution in [0, 0.1) is 0 Å². The van der Waals surface area contributed by atoms with Crippen molar-refractivity contribution in [2.24, 2.45) is 5.73 Å². The Kier molecular flexibility index (Phi) is 1.93. The van der Waals surface area contributed by atoms with Crippen LogP contribution in [0.5, 0.6) is 0 Å². The van der Waals surface area contributed by atoms with E-state index in [4.69, 9.17) is 5.73 Å². The van der Waals surface area contributed by atoms with Gasteiger partial charge in [-0.15, -0.1) is 0 Å². The Labute approximate surface area is 77.1 Å². The van der Waals surface area contributed by atoms with Crippen LogP contribution in [-0.4, -0.2) is 12.6 Å². The smallest absolute Gasteiger partial charge is 0.319 e. The summed E-state index contributed by atoms with van der Waals surface area (Å²) in [6.45, 7) is 0.742. The van der Waals surface area contributed by atoms with Crippen LogP contribution in [0.25, 0.3) is 0 Å². The van der Waals surface area contributed by atoms with Gasteiger partial charge in [0.2, 0.25) is 0 Å². The first kappa shape index (κ1) is 8.10. The van der Waals surface area contributed by atoms with Crippen molar-refractivity contribution in [2.45, 2.75) is 12.8 Å². The third-order valence-corrected chi connectivity index (χ3v) is 2.38. The van der Waals surface area contributed by atoms with Gasteiger partial charge < -0.3 is 5.73 Å². The summed E-state index contributed by atoms with van der Waals surface area (Å²) in [5.74, 6) is 0. The number of hydrogen-bond acceptors (Lipinski definition) is 1. The van der Waals surface area contributed by atoms with Crippen molar-refractivity contribution < 1.29 is 4.79 Å². The van der Waals surface area contributed by atoms with Crippen LogP contribution < -0.4 is 10.6 Å². The molecule has 0 saturated carbocycles. The number of urea groups is 1. The zero-order chi connectivity index (χ0) is 9.26. The predicted molar refractivity (Wildman–Crippen MR) is 51.7 cm³/mol. The summed E-state index contributed by atoms with van der Waals surface area (Å²) in [5.41, 5.74) is 7.46. The fourth-order valence-electron chi connectivity index (χ4n) is 1.76. The fraction of sp³-hybridized carbons (Fsp3) is 0.300. The molecule has 1 aromatic rings. The van der Waals surface area contributed by atoms with Gasteiger partial charge in [-0.3, -0.25) is 4.90 Å². The average Bonchev–Trinajstić information content (AvgIpc) is 2.17. The van der Waals surface area contributed by atoms with Crippen LogP contribution in [0.15, 0.2) is 24.3 Å². The highest BCUT2D eigenvalue weighted by Gasteiger charge is 2.19. The molecule has 0 aromatic heterocycles. The number of primary amides is 1. The Bertz CT molecular complexity index is 335. The minimum Gasteiger partial charge on any atom is -0.351 e. The van der Waals surface area contributed by atoms with Crippen molar-refractivity contribution in [1.82, 2.24) is 0 Å². The molecule has 0 radical (unpaired) electrons. The van der Waals surface area contributed by atoms with Crippen LogP contribution in [0.1, 0.15) is 12.0 Å². The molecule has 0 unspecified atom stereocenters. The molecule has 1 aromatic carbocycles. The molecule has 2 rings (SSSR count). The Hall–Kier alpha value is -1.51. The lowest BCUT2D eigenvalue weighted by atomic mass is 10.0. The minimum absolute atomic E-state index is 0.354. The average molecular weight is 176 g/mol. The minimum atomic E-state index is -0.354. The van der Waals surface area contributed by atoms with E-state index >= 15 is 0 Å². The van der Waals surface area contributed by atoms with Gasteiger partial charge in [-0.25, -0.2) is 4.79 Å². The number of nitrogens with zero attached hydrogens (tertiary/aromatic N) is 1. The van der Waals surface area contributed by atoms with E-state index < -0.39 is 0 Å². The quantitative estimate of drug-likeness (QED) is 0.640. The number of para-hydroxylation sites is 1. The number of amides is 2. The van der Waals surface area contributed by atoms with Gasteiger partial charge in [0.05, 0.1) is 0 Å². The van der Waals surface area contributed by atoms with Gasteiger partial charge in [0.15, 0.2) is 0 Å². The summed E-state index contributed by atoms with van der Waals surface area (Å²) in [4.78, 5) is 12.7. The molecular formula is C10H12N2O. The van der Waals surface area contributed by atoms with E-state index in [-0.39, 0.29) is 6.03 Å². The Morgan fingerprint density at radius 3 is 2.92 bits per heavy atom. The summed E-state index contributed by atoms with van der Waals surface area (Å²) in [6.07, 6.45) is 2.04. The highest BCUT2D eigenvalue weighted by atomic mass is 16.2. The monoisotopic (exact) mass is 176 g/mol. The van der Waals surface area contributed by atoms with E-state index in [9.17, 15) is 4.79 Å². The van der Waals surface area contributed by atoms with Gasteiger partial charge in [0.25, 0.3) is 0 Å². The van der Waals surface area contributed by atoms with E-state index in [1.807, 2.05) is 24.3 Å². The lowest BCUT2D eigenvalue weighted by molar-refractivity contribution is 0.253. The van der Waals surface area contributed by atoms with Crippen molar-refractivity contribution >= 4 is 11.7 Å². The number of nitrogens with two attached hydrogens (primary N) is 1. The molecule has 3 nitrogen and oxygen atoms in total. The second-order valence-electron chi connectivity index (χ2n) is 3.22. The largest absolute Gasteiger partial charge is 0.351 e. The van der Waals surface area contributed by atoms with Crippen molar-refractivity contribution in [3.8, 4) is 0 Å².